The van der Waals surface area contributed by atoms with Crippen LogP contribution in [0.15, 0.2) is 18.2 Å². The lowest BCUT2D eigenvalue weighted by Crippen LogP contribution is -2.35. The summed E-state index contributed by atoms with van der Waals surface area (Å²) in [6.45, 7) is 1.37. The summed E-state index contributed by atoms with van der Waals surface area (Å²) in [7, 11) is 0. The molecule has 1 aromatic carbocycles. The highest BCUT2D eigenvalue weighted by atomic mass is 19.2. The SMILES string of the molecule is O=C(c1cccc(F)c1F)N(CC1CC1)CC1CC1. The number of hydrogen-bond donors (Lipinski definition) is 0. The molecule has 2 fully saturated rings. The zero-order valence-electron chi connectivity index (χ0n) is 10.7. The third kappa shape index (κ3) is 2.94. The van der Waals surface area contributed by atoms with Crippen molar-refractivity contribution in [2.45, 2.75) is 25.7 Å². The normalized spacial score (nSPS) is 18.4. The van der Waals surface area contributed by atoms with Gasteiger partial charge in [-0.25, -0.2) is 8.78 Å². The maximum absolute atomic E-state index is 13.7. The van der Waals surface area contributed by atoms with Crippen molar-refractivity contribution in [3.63, 3.8) is 0 Å². The van der Waals surface area contributed by atoms with Crippen molar-refractivity contribution in [2.75, 3.05) is 13.1 Å². The molecule has 1 amide bonds. The Morgan fingerprint density at radius 2 is 1.68 bits per heavy atom. The molecule has 0 unspecified atom stereocenters. The largest absolute Gasteiger partial charge is 0.338 e. The fourth-order valence-electron chi connectivity index (χ4n) is 2.30. The summed E-state index contributed by atoms with van der Waals surface area (Å²) >= 11 is 0. The minimum Gasteiger partial charge on any atom is -0.338 e. The van der Waals surface area contributed by atoms with Gasteiger partial charge in [0.2, 0.25) is 0 Å². The predicted octanol–water partition coefficient (Wildman–Crippen LogP) is 3.23. The van der Waals surface area contributed by atoms with Crippen molar-refractivity contribution in [1.29, 1.82) is 0 Å². The topological polar surface area (TPSA) is 20.3 Å². The van der Waals surface area contributed by atoms with Crippen molar-refractivity contribution in [3.05, 3.63) is 35.4 Å². The van der Waals surface area contributed by atoms with Crippen LogP contribution in [-0.4, -0.2) is 23.9 Å². The predicted molar refractivity (Wildman–Crippen MR) is 67.7 cm³/mol. The summed E-state index contributed by atoms with van der Waals surface area (Å²) in [5.74, 6) is -1.23. The first kappa shape index (κ1) is 12.6. The number of carbonyl (C=O) groups is 1. The Kier molecular flexibility index (Phi) is 3.25. The molecular weight excluding hydrogens is 248 g/mol. The molecule has 3 rings (SSSR count). The fourth-order valence-corrected chi connectivity index (χ4v) is 2.30. The Labute approximate surface area is 111 Å². The number of nitrogens with zero attached hydrogens (tertiary/aromatic N) is 1. The van der Waals surface area contributed by atoms with Crippen LogP contribution in [0.2, 0.25) is 0 Å². The van der Waals surface area contributed by atoms with Crippen molar-refractivity contribution >= 4 is 5.91 Å². The van der Waals surface area contributed by atoms with Gasteiger partial charge in [-0.3, -0.25) is 4.79 Å². The molecule has 0 radical (unpaired) electrons. The minimum atomic E-state index is -1.02. The van der Waals surface area contributed by atoms with Gasteiger partial charge in [-0.05, 0) is 49.7 Å². The highest BCUT2D eigenvalue weighted by Crippen LogP contribution is 2.34. The molecular formula is C15H17F2NO. The summed E-state index contributed by atoms with van der Waals surface area (Å²) in [6, 6.07) is 3.80. The van der Waals surface area contributed by atoms with Crippen LogP contribution in [0.5, 0.6) is 0 Å². The third-order valence-electron chi connectivity index (χ3n) is 3.82. The highest BCUT2D eigenvalue weighted by molar-refractivity contribution is 5.94. The van der Waals surface area contributed by atoms with Crippen LogP contribution in [0.4, 0.5) is 8.78 Å². The average Bonchev–Trinajstić information content (AvgIpc) is 3.26. The molecule has 0 spiro atoms. The first-order valence-corrected chi connectivity index (χ1v) is 6.88. The number of rotatable bonds is 5. The van der Waals surface area contributed by atoms with Crippen LogP contribution in [-0.2, 0) is 0 Å². The molecule has 0 aromatic heterocycles. The van der Waals surface area contributed by atoms with E-state index in [0.717, 1.165) is 31.7 Å². The van der Waals surface area contributed by atoms with Crippen LogP contribution in [0.3, 0.4) is 0 Å². The van der Waals surface area contributed by atoms with E-state index in [-0.39, 0.29) is 11.5 Å². The monoisotopic (exact) mass is 265 g/mol. The zero-order valence-corrected chi connectivity index (χ0v) is 10.7. The van der Waals surface area contributed by atoms with Crippen LogP contribution in [0, 0.1) is 23.5 Å². The molecule has 2 aliphatic carbocycles. The van der Waals surface area contributed by atoms with Gasteiger partial charge in [0, 0.05) is 13.1 Å². The molecule has 0 saturated heterocycles. The smallest absolute Gasteiger partial charge is 0.256 e. The minimum absolute atomic E-state index is 0.138. The molecule has 2 aliphatic rings. The second kappa shape index (κ2) is 4.91. The molecule has 19 heavy (non-hydrogen) atoms. The van der Waals surface area contributed by atoms with E-state index in [4.69, 9.17) is 0 Å². The second-order valence-corrected chi connectivity index (χ2v) is 5.70. The Balaban J connectivity index is 1.79. The van der Waals surface area contributed by atoms with Crippen molar-refractivity contribution < 1.29 is 13.6 Å². The molecule has 0 heterocycles. The van der Waals surface area contributed by atoms with Crippen LogP contribution in [0.1, 0.15) is 36.0 Å². The van der Waals surface area contributed by atoms with Gasteiger partial charge in [-0.2, -0.15) is 0 Å². The van der Waals surface area contributed by atoms with Crippen LogP contribution < -0.4 is 0 Å². The first-order valence-electron chi connectivity index (χ1n) is 6.88. The van der Waals surface area contributed by atoms with Gasteiger partial charge in [0.1, 0.15) is 0 Å². The number of benzene rings is 1. The van der Waals surface area contributed by atoms with Gasteiger partial charge in [0.25, 0.3) is 5.91 Å². The van der Waals surface area contributed by atoms with E-state index >= 15 is 0 Å². The Bertz CT molecular complexity index is 481. The second-order valence-electron chi connectivity index (χ2n) is 5.70. The molecule has 2 saturated carbocycles. The van der Waals surface area contributed by atoms with E-state index in [1.54, 1.807) is 4.90 Å². The van der Waals surface area contributed by atoms with Crippen molar-refractivity contribution in [2.24, 2.45) is 11.8 Å². The summed E-state index contributed by atoms with van der Waals surface area (Å²) in [5, 5.41) is 0. The van der Waals surface area contributed by atoms with Crippen LogP contribution >= 0.6 is 0 Å². The lowest BCUT2D eigenvalue weighted by atomic mass is 10.1. The number of amides is 1. The Morgan fingerprint density at radius 1 is 1.11 bits per heavy atom. The highest BCUT2D eigenvalue weighted by Gasteiger charge is 2.32. The average molecular weight is 265 g/mol. The molecule has 4 heteroatoms. The van der Waals surface area contributed by atoms with E-state index < -0.39 is 11.6 Å². The Hall–Kier alpha value is -1.45. The van der Waals surface area contributed by atoms with Gasteiger partial charge >= 0.3 is 0 Å². The van der Waals surface area contributed by atoms with Crippen LogP contribution in [0.25, 0.3) is 0 Å². The maximum atomic E-state index is 13.7. The number of carbonyl (C=O) groups excluding carboxylic acids is 1. The van der Waals surface area contributed by atoms with E-state index in [1.807, 2.05) is 0 Å². The van der Waals surface area contributed by atoms with Gasteiger partial charge in [0.15, 0.2) is 11.6 Å². The van der Waals surface area contributed by atoms with Gasteiger partial charge in [-0.15, -0.1) is 0 Å². The molecule has 0 N–H and O–H groups in total. The Morgan fingerprint density at radius 3 is 2.21 bits per heavy atom. The summed E-state index contributed by atoms with van der Waals surface area (Å²) < 4.78 is 26.9. The van der Waals surface area contributed by atoms with Gasteiger partial charge in [0.05, 0.1) is 5.56 Å². The van der Waals surface area contributed by atoms with Gasteiger partial charge < -0.3 is 4.90 Å². The number of halogens is 2. The number of hydrogen-bond acceptors (Lipinski definition) is 1. The van der Waals surface area contributed by atoms with E-state index in [9.17, 15) is 13.6 Å². The van der Waals surface area contributed by atoms with Gasteiger partial charge in [-0.1, -0.05) is 6.07 Å². The third-order valence-corrected chi connectivity index (χ3v) is 3.82. The molecule has 2 nitrogen and oxygen atoms in total. The fraction of sp³-hybridized carbons (Fsp3) is 0.533. The quantitative estimate of drug-likeness (QED) is 0.800. The molecule has 0 aliphatic heterocycles. The summed E-state index contributed by atoms with van der Waals surface area (Å²) in [6.07, 6.45) is 4.56. The van der Waals surface area contributed by atoms with Crippen molar-refractivity contribution in [1.82, 2.24) is 4.90 Å². The molecule has 0 bridgehead atoms. The maximum Gasteiger partial charge on any atom is 0.256 e. The van der Waals surface area contributed by atoms with E-state index in [0.29, 0.717) is 24.9 Å². The lowest BCUT2D eigenvalue weighted by Gasteiger charge is -2.23. The van der Waals surface area contributed by atoms with E-state index in [1.165, 1.54) is 12.1 Å². The summed E-state index contributed by atoms with van der Waals surface area (Å²) in [4.78, 5) is 14.1. The lowest BCUT2D eigenvalue weighted by molar-refractivity contribution is 0.0733. The van der Waals surface area contributed by atoms with E-state index in [2.05, 4.69) is 0 Å². The zero-order chi connectivity index (χ0) is 13.4. The summed E-state index contributed by atoms with van der Waals surface area (Å²) in [5.41, 5.74) is -0.138. The molecule has 102 valence electrons. The van der Waals surface area contributed by atoms with Crippen molar-refractivity contribution in [3.8, 4) is 0 Å². The first-order chi connectivity index (χ1) is 9.15. The standard InChI is InChI=1S/C15H17F2NO/c16-13-3-1-2-12(14(13)17)15(19)18(8-10-4-5-10)9-11-6-7-11/h1-3,10-11H,4-9H2. The molecule has 1 aromatic rings. The molecule has 0 atom stereocenters.